The second-order valence-corrected chi connectivity index (χ2v) is 8.74. The first kappa shape index (κ1) is 21.6. The molecule has 0 atom stereocenters. The zero-order valence-electron chi connectivity index (χ0n) is 15.1. The maximum absolute atomic E-state index is 12.7. The Balaban J connectivity index is 1.81. The van der Waals surface area contributed by atoms with Gasteiger partial charge < -0.3 is 9.84 Å². The van der Waals surface area contributed by atoms with Crippen LogP contribution in [0.2, 0.25) is 0 Å². The molecule has 1 heterocycles. The molecule has 150 valence electrons. The highest BCUT2D eigenvalue weighted by Gasteiger charge is 2.36. The number of nitrogens with zero attached hydrogens (tertiary/aromatic N) is 1. The lowest BCUT2D eigenvalue weighted by molar-refractivity contribution is -0.122. The largest absolute Gasteiger partial charge is 0.503 e. The fourth-order valence-corrected chi connectivity index (χ4v) is 4.16. The molecule has 0 unspecified atom stereocenters. The molecule has 29 heavy (non-hydrogen) atoms. The molecular weight excluding hydrogens is 526 g/mol. The van der Waals surface area contributed by atoms with Gasteiger partial charge in [-0.1, -0.05) is 28.1 Å². The third-order valence-corrected chi connectivity index (χ3v) is 6.03. The molecule has 1 N–H and O–H groups in total. The summed E-state index contributed by atoms with van der Waals surface area (Å²) < 4.78 is 6.61. The molecule has 1 saturated heterocycles. The van der Waals surface area contributed by atoms with E-state index in [1.165, 1.54) is 6.08 Å². The predicted octanol–water partition coefficient (Wildman–Crippen LogP) is 5.24. The normalized spacial score (nSPS) is 15.3. The van der Waals surface area contributed by atoms with Crippen LogP contribution in [-0.2, 0) is 4.79 Å². The molecule has 1 aliphatic rings. The van der Waals surface area contributed by atoms with Gasteiger partial charge in [-0.25, -0.2) is 0 Å². The molecule has 3 rings (SSSR count). The number of halogens is 2. The number of phenols is 1. The Hall–Kier alpha value is -2.10. The number of rotatable bonds is 6. The summed E-state index contributed by atoms with van der Waals surface area (Å²) in [6.45, 7) is 1.82. The van der Waals surface area contributed by atoms with Crippen LogP contribution in [-0.4, -0.2) is 40.1 Å². The Bertz CT molecular complexity index is 1020. The number of hydrogen-bond acceptors (Lipinski definition) is 6. The highest BCUT2D eigenvalue weighted by atomic mass is 79.9. The molecule has 0 saturated carbocycles. The van der Waals surface area contributed by atoms with Gasteiger partial charge >= 0.3 is 0 Å². The van der Waals surface area contributed by atoms with E-state index in [9.17, 15) is 19.5 Å². The van der Waals surface area contributed by atoms with E-state index >= 15 is 0 Å². The Morgan fingerprint density at radius 1 is 1.21 bits per heavy atom. The van der Waals surface area contributed by atoms with Crippen molar-refractivity contribution in [3.8, 4) is 11.5 Å². The van der Waals surface area contributed by atoms with Crippen molar-refractivity contribution in [1.29, 1.82) is 0 Å². The quantitative estimate of drug-likeness (QED) is 0.398. The molecule has 9 heteroatoms. The number of Topliss-reactive ketones (excluding diaryl/α,β-unsaturated/α-hetero) is 1. The van der Waals surface area contributed by atoms with E-state index in [2.05, 4.69) is 31.9 Å². The first-order valence-corrected chi connectivity index (χ1v) is 10.9. The standard InChI is InChI=1S/C20H15Br2NO5S/c1-2-28-16-8-11(7-14(22)18(16)25)9-17-19(26)23(20(27)29-17)10-15(24)12-3-5-13(21)6-4-12/h3-9,25H,2,10H2,1H3/b17-9+. The van der Waals surface area contributed by atoms with Crippen molar-refractivity contribution in [3.05, 3.63) is 61.4 Å². The predicted molar refractivity (Wildman–Crippen MR) is 118 cm³/mol. The fraction of sp³-hybridized carbons (Fsp3) is 0.150. The van der Waals surface area contributed by atoms with Crippen molar-refractivity contribution in [2.24, 2.45) is 0 Å². The Morgan fingerprint density at radius 3 is 2.55 bits per heavy atom. The molecular formula is C20H15Br2NO5S. The third kappa shape index (κ3) is 4.91. The van der Waals surface area contributed by atoms with Gasteiger partial charge in [-0.3, -0.25) is 19.3 Å². The number of carbonyl (C=O) groups excluding carboxylic acids is 3. The van der Waals surface area contributed by atoms with Crippen molar-refractivity contribution < 1.29 is 24.2 Å². The number of thioether (sulfide) groups is 1. The summed E-state index contributed by atoms with van der Waals surface area (Å²) in [7, 11) is 0. The van der Waals surface area contributed by atoms with Crippen molar-refractivity contribution in [2.75, 3.05) is 13.2 Å². The molecule has 0 aliphatic carbocycles. The average Bonchev–Trinajstić information content (AvgIpc) is 2.93. The minimum absolute atomic E-state index is 0.0443. The molecule has 2 aromatic rings. The Labute approximate surface area is 188 Å². The van der Waals surface area contributed by atoms with Gasteiger partial charge in [0.05, 0.1) is 22.5 Å². The van der Waals surface area contributed by atoms with E-state index in [1.54, 1.807) is 43.3 Å². The molecule has 0 radical (unpaired) electrons. The molecule has 1 aliphatic heterocycles. The van der Waals surface area contributed by atoms with Crippen molar-refractivity contribution in [1.82, 2.24) is 4.90 Å². The lowest BCUT2D eigenvalue weighted by atomic mass is 10.1. The van der Waals surface area contributed by atoms with Gasteiger partial charge in [-0.2, -0.15) is 0 Å². The average molecular weight is 541 g/mol. The number of carbonyl (C=O) groups is 3. The minimum atomic E-state index is -0.535. The van der Waals surface area contributed by atoms with Crippen LogP contribution in [0.5, 0.6) is 11.5 Å². The number of hydrogen-bond donors (Lipinski definition) is 1. The van der Waals surface area contributed by atoms with E-state index in [1.807, 2.05) is 0 Å². The molecule has 0 aromatic heterocycles. The number of phenolic OH excluding ortho intramolecular Hbond substituents is 1. The van der Waals surface area contributed by atoms with E-state index in [0.717, 1.165) is 21.1 Å². The SMILES string of the molecule is CCOc1cc(/C=C2/SC(=O)N(CC(=O)c3ccc(Br)cc3)C2=O)cc(Br)c1O. The topological polar surface area (TPSA) is 83.9 Å². The number of amides is 2. The number of aromatic hydroxyl groups is 1. The van der Waals surface area contributed by atoms with Crippen LogP contribution >= 0.6 is 43.6 Å². The van der Waals surface area contributed by atoms with Gasteiger partial charge in [0.25, 0.3) is 11.1 Å². The summed E-state index contributed by atoms with van der Waals surface area (Å²) in [4.78, 5) is 38.5. The lowest BCUT2D eigenvalue weighted by Gasteiger charge is -2.11. The van der Waals surface area contributed by atoms with Crippen LogP contribution in [0, 0.1) is 0 Å². The highest BCUT2D eigenvalue weighted by molar-refractivity contribution is 9.10. The van der Waals surface area contributed by atoms with Gasteiger partial charge in [-0.05, 0) is 70.5 Å². The van der Waals surface area contributed by atoms with E-state index in [-0.39, 0.29) is 28.7 Å². The van der Waals surface area contributed by atoms with Gasteiger partial charge in [0.15, 0.2) is 17.3 Å². The van der Waals surface area contributed by atoms with Crippen molar-refractivity contribution in [3.63, 3.8) is 0 Å². The van der Waals surface area contributed by atoms with E-state index in [4.69, 9.17) is 4.74 Å². The molecule has 1 fully saturated rings. The summed E-state index contributed by atoms with van der Waals surface area (Å²) in [6, 6.07) is 9.89. The van der Waals surface area contributed by atoms with Crippen LogP contribution in [0.3, 0.4) is 0 Å². The van der Waals surface area contributed by atoms with Gasteiger partial charge in [0, 0.05) is 10.0 Å². The van der Waals surface area contributed by atoms with Gasteiger partial charge in [0.1, 0.15) is 0 Å². The summed E-state index contributed by atoms with van der Waals surface area (Å²) in [5, 5.41) is 9.50. The lowest BCUT2D eigenvalue weighted by Crippen LogP contribution is -2.33. The van der Waals surface area contributed by atoms with Crippen LogP contribution in [0.15, 0.2) is 50.2 Å². The molecule has 6 nitrogen and oxygen atoms in total. The van der Waals surface area contributed by atoms with E-state index < -0.39 is 11.1 Å². The molecule has 2 amide bonds. The molecule has 2 aromatic carbocycles. The highest BCUT2D eigenvalue weighted by Crippen LogP contribution is 2.38. The molecule has 0 spiro atoms. The first-order chi connectivity index (χ1) is 13.8. The second-order valence-electron chi connectivity index (χ2n) is 5.98. The van der Waals surface area contributed by atoms with Crippen molar-refractivity contribution in [2.45, 2.75) is 6.92 Å². The zero-order valence-corrected chi connectivity index (χ0v) is 19.1. The van der Waals surface area contributed by atoms with Gasteiger partial charge in [-0.15, -0.1) is 0 Å². The minimum Gasteiger partial charge on any atom is -0.503 e. The number of imide groups is 1. The Morgan fingerprint density at radius 2 is 1.90 bits per heavy atom. The fourth-order valence-electron chi connectivity index (χ4n) is 2.60. The van der Waals surface area contributed by atoms with E-state index in [0.29, 0.717) is 22.2 Å². The second kappa shape index (κ2) is 9.15. The molecule has 0 bridgehead atoms. The number of benzene rings is 2. The third-order valence-electron chi connectivity index (χ3n) is 3.99. The number of ether oxygens (including phenoxy) is 1. The first-order valence-electron chi connectivity index (χ1n) is 8.49. The monoisotopic (exact) mass is 539 g/mol. The number of ketones is 1. The van der Waals surface area contributed by atoms with Crippen LogP contribution in [0.1, 0.15) is 22.8 Å². The van der Waals surface area contributed by atoms with Crippen LogP contribution in [0.4, 0.5) is 4.79 Å². The van der Waals surface area contributed by atoms with Gasteiger partial charge in [0.2, 0.25) is 0 Å². The zero-order chi connectivity index (χ0) is 21.1. The smallest absolute Gasteiger partial charge is 0.293 e. The summed E-state index contributed by atoms with van der Waals surface area (Å²) in [5.74, 6) is -0.644. The maximum atomic E-state index is 12.7. The maximum Gasteiger partial charge on any atom is 0.293 e. The summed E-state index contributed by atoms with van der Waals surface area (Å²) in [6.07, 6.45) is 1.53. The van der Waals surface area contributed by atoms with Crippen LogP contribution < -0.4 is 4.74 Å². The Kier molecular flexibility index (Phi) is 6.81. The summed E-state index contributed by atoms with van der Waals surface area (Å²) >= 11 is 7.31. The van der Waals surface area contributed by atoms with Crippen molar-refractivity contribution >= 4 is 66.6 Å². The summed E-state index contributed by atoms with van der Waals surface area (Å²) in [5.41, 5.74) is 0.989. The van der Waals surface area contributed by atoms with Crippen LogP contribution in [0.25, 0.3) is 6.08 Å².